The molecule has 0 radical (unpaired) electrons. The zero-order valence-electron chi connectivity index (χ0n) is 20.0. The highest BCUT2D eigenvalue weighted by Crippen LogP contribution is 2.17. The standard InChI is InChI=1S/C28H32N2O4/c1-21(31)30(20-24-11-15-26(34-3)16-12-24)27(19-23-7-5-4-6-8-23)28(32)29-18-17-22-9-13-25(33-2)14-10-22/h4-16,27H,17-20H2,1-3H3,(H,29,32)/t27-/m1/s1. The first-order chi connectivity index (χ1) is 16.5. The van der Waals surface area contributed by atoms with E-state index in [1.807, 2.05) is 78.9 Å². The minimum absolute atomic E-state index is 0.151. The van der Waals surface area contributed by atoms with Gasteiger partial charge in [-0.1, -0.05) is 54.6 Å². The fourth-order valence-corrected chi connectivity index (χ4v) is 3.79. The molecule has 6 nitrogen and oxygen atoms in total. The molecule has 6 heteroatoms. The summed E-state index contributed by atoms with van der Waals surface area (Å²) in [5, 5.41) is 3.04. The second-order valence-corrected chi connectivity index (χ2v) is 8.09. The number of hydrogen-bond donors (Lipinski definition) is 1. The van der Waals surface area contributed by atoms with Gasteiger partial charge in [-0.2, -0.15) is 0 Å². The molecule has 0 aliphatic carbocycles. The fraction of sp³-hybridized carbons (Fsp3) is 0.286. The van der Waals surface area contributed by atoms with Crippen molar-refractivity contribution in [1.29, 1.82) is 0 Å². The van der Waals surface area contributed by atoms with Crippen molar-refractivity contribution in [3.63, 3.8) is 0 Å². The van der Waals surface area contributed by atoms with Crippen LogP contribution in [0, 0.1) is 0 Å². The normalized spacial score (nSPS) is 11.4. The number of benzene rings is 3. The van der Waals surface area contributed by atoms with Crippen LogP contribution in [0.2, 0.25) is 0 Å². The molecule has 3 rings (SSSR count). The van der Waals surface area contributed by atoms with Crippen molar-refractivity contribution in [1.82, 2.24) is 10.2 Å². The molecule has 0 saturated carbocycles. The van der Waals surface area contributed by atoms with Crippen LogP contribution in [0.25, 0.3) is 0 Å². The van der Waals surface area contributed by atoms with Gasteiger partial charge in [0.15, 0.2) is 0 Å². The average molecular weight is 461 g/mol. The van der Waals surface area contributed by atoms with Crippen LogP contribution in [0.4, 0.5) is 0 Å². The van der Waals surface area contributed by atoms with Gasteiger partial charge in [0.25, 0.3) is 0 Å². The molecular weight excluding hydrogens is 428 g/mol. The number of ether oxygens (including phenoxy) is 2. The Hall–Kier alpha value is -3.80. The summed E-state index contributed by atoms with van der Waals surface area (Å²) in [7, 11) is 3.25. The minimum Gasteiger partial charge on any atom is -0.497 e. The van der Waals surface area contributed by atoms with E-state index in [0.717, 1.165) is 28.2 Å². The van der Waals surface area contributed by atoms with Crippen LogP contribution in [-0.4, -0.2) is 43.5 Å². The molecule has 178 valence electrons. The summed E-state index contributed by atoms with van der Waals surface area (Å²) in [5.74, 6) is 1.23. The van der Waals surface area contributed by atoms with Crippen molar-refractivity contribution in [2.45, 2.75) is 32.4 Å². The van der Waals surface area contributed by atoms with E-state index in [4.69, 9.17) is 9.47 Å². The van der Waals surface area contributed by atoms with Gasteiger partial charge in [0, 0.05) is 26.4 Å². The maximum atomic E-state index is 13.3. The molecule has 0 unspecified atom stereocenters. The summed E-state index contributed by atoms with van der Waals surface area (Å²) >= 11 is 0. The Morgan fingerprint density at radius 1 is 0.794 bits per heavy atom. The lowest BCUT2D eigenvalue weighted by atomic mass is 10.0. The summed E-state index contributed by atoms with van der Waals surface area (Å²) in [6.07, 6.45) is 1.12. The zero-order chi connectivity index (χ0) is 24.3. The SMILES string of the molecule is COc1ccc(CCNC(=O)[C@@H](Cc2ccccc2)N(Cc2ccc(OC)cc2)C(C)=O)cc1. The van der Waals surface area contributed by atoms with Crippen molar-refractivity contribution in [3.8, 4) is 11.5 Å². The summed E-state index contributed by atoms with van der Waals surface area (Å²) in [5.41, 5.74) is 3.03. The van der Waals surface area contributed by atoms with Crippen molar-refractivity contribution >= 4 is 11.8 Å². The third-order valence-corrected chi connectivity index (χ3v) is 5.74. The first kappa shape index (κ1) is 24.8. The molecule has 0 bridgehead atoms. The molecule has 0 spiro atoms. The van der Waals surface area contributed by atoms with Gasteiger partial charge in [0.2, 0.25) is 11.8 Å². The van der Waals surface area contributed by atoms with Crippen molar-refractivity contribution < 1.29 is 19.1 Å². The number of nitrogens with zero attached hydrogens (tertiary/aromatic N) is 1. The van der Waals surface area contributed by atoms with E-state index in [0.29, 0.717) is 25.9 Å². The number of methoxy groups -OCH3 is 2. The molecule has 0 heterocycles. The van der Waals surface area contributed by atoms with Crippen LogP contribution in [0.5, 0.6) is 11.5 Å². The van der Waals surface area contributed by atoms with E-state index in [1.54, 1.807) is 19.1 Å². The third kappa shape index (κ3) is 7.10. The van der Waals surface area contributed by atoms with Gasteiger partial charge >= 0.3 is 0 Å². The number of nitrogens with one attached hydrogen (secondary N) is 1. The number of rotatable bonds is 11. The molecule has 3 aromatic carbocycles. The molecule has 2 amide bonds. The Labute approximate surface area is 201 Å². The van der Waals surface area contributed by atoms with Crippen molar-refractivity contribution in [2.24, 2.45) is 0 Å². The van der Waals surface area contributed by atoms with Gasteiger partial charge in [-0.25, -0.2) is 0 Å². The highest BCUT2D eigenvalue weighted by atomic mass is 16.5. The minimum atomic E-state index is -0.627. The summed E-state index contributed by atoms with van der Waals surface area (Å²) < 4.78 is 10.4. The second-order valence-electron chi connectivity index (χ2n) is 8.09. The van der Waals surface area contributed by atoms with Gasteiger partial charge in [-0.05, 0) is 47.4 Å². The van der Waals surface area contributed by atoms with E-state index < -0.39 is 6.04 Å². The average Bonchev–Trinajstić information content (AvgIpc) is 2.87. The van der Waals surface area contributed by atoms with Crippen LogP contribution in [-0.2, 0) is 29.0 Å². The predicted molar refractivity (Wildman–Crippen MR) is 133 cm³/mol. The summed E-state index contributed by atoms with van der Waals surface area (Å²) in [6, 6.07) is 24.5. The van der Waals surface area contributed by atoms with Crippen LogP contribution in [0.15, 0.2) is 78.9 Å². The third-order valence-electron chi connectivity index (χ3n) is 5.74. The lowest BCUT2D eigenvalue weighted by molar-refractivity contribution is -0.139. The molecule has 0 aliphatic heterocycles. The van der Waals surface area contributed by atoms with E-state index in [9.17, 15) is 9.59 Å². The Kier molecular flexibility index (Phi) is 9.09. The van der Waals surface area contributed by atoms with E-state index >= 15 is 0 Å². The first-order valence-electron chi connectivity index (χ1n) is 11.3. The van der Waals surface area contributed by atoms with Gasteiger partial charge in [0.05, 0.1) is 14.2 Å². The molecular formula is C28H32N2O4. The molecule has 0 aromatic heterocycles. The Morgan fingerprint density at radius 3 is 1.88 bits per heavy atom. The Bertz CT molecular complexity index is 1050. The van der Waals surface area contributed by atoms with Crippen LogP contribution >= 0.6 is 0 Å². The monoisotopic (exact) mass is 460 g/mol. The summed E-state index contributed by atoms with van der Waals surface area (Å²) in [4.78, 5) is 27.6. The summed E-state index contributed by atoms with van der Waals surface area (Å²) in [6.45, 7) is 2.32. The number of hydrogen-bond acceptors (Lipinski definition) is 4. The highest BCUT2D eigenvalue weighted by Gasteiger charge is 2.28. The quantitative estimate of drug-likeness (QED) is 0.469. The van der Waals surface area contributed by atoms with Crippen LogP contribution in [0.1, 0.15) is 23.6 Å². The fourth-order valence-electron chi connectivity index (χ4n) is 3.79. The van der Waals surface area contributed by atoms with Crippen molar-refractivity contribution in [3.05, 3.63) is 95.6 Å². The topological polar surface area (TPSA) is 67.9 Å². The molecule has 34 heavy (non-hydrogen) atoms. The largest absolute Gasteiger partial charge is 0.497 e. The van der Waals surface area contributed by atoms with E-state index in [1.165, 1.54) is 6.92 Å². The maximum Gasteiger partial charge on any atom is 0.243 e. The highest BCUT2D eigenvalue weighted by molar-refractivity contribution is 5.87. The molecule has 3 aromatic rings. The Morgan fingerprint density at radius 2 is 1.35 bits per heavy atom. The lowest BCUT2D eigenvalue weighted by Crippen LogP contribution is -2.50. The van der Waals surface area contributed by atoms with Gasteiger partial charge in [0.1, 0.15) is 17.5 Å². The predicted octanol–water partition coefficient (Wildman–Crippen LogP) is 4.02. The zero-order valence-corrected chi connectivity index (χ0v) is 20.0. The first-order valence-corrected chi connectivity index (χ1v) is 11.3. The molecule has 0 fully saturated rings. The van der Waals surface area contributed by atoms with E-state index in [2.05, 4.69) is 5.32 Å². The van der Waals surface area contributed by atoms with E-state index in [-0.39, 0.29) is 11.8 Å². The van der Waals surface area contributed by atoms with Gasteiger partial charge < -0.3 is 19.7 Å². The molecule has 0 aliphatic rings. The number of amides is 2. The molecule has 0 saturated heterocycles. The number of carbonyl (C=O) groups is 2. The smallest absolute Gasteiger partial charge is 0.243 e. The second kappa shape index (κ2) is 12.4. The van der Waals surface area contributed by atoms with Crippen LogP contribution in [0.3, 0.4) is 0 Å². The molecule has 1 N–H and O–H groups in total. The van der Waals surface area contributed by atoms with Gasteiger partial charge in [-0.3, -0.25) is 9.59 Å². The van der Waals surface area contributed by atoms with Gasteiger partial charge in [-0.15, -0.1) is 0 Å². The van der Waals surface area contributed by atoms with Crippen LogP contribution < -0.4 is 14.8 Å². The lowest BCUT2D eigenvalue weighted by Gasteiger charge is -2.30. The maximum absolute atomic E-state index is 13.3. The molecule has 1 atom stereocenters. The number of carbonyl (C=O) groups excluding carboxylic acids is 2. The Balaban J connectivity index is 1.74. The van der Waals surface area contributed by atoms with Crippen molar-refractivity contribution in [2.75, 3.05) is 20.8 Å².